The highest BCUT2D eigenvalue weighted by atomic mass is 16.5. The van der Waals surface area contributed by atoms with E-state index in [1.54, 1.807) is 6.08 Å². The van der Waals surface area contributed by atoms with Crippen LogP contribution in [0.3, 0.4) is 0 Å². The first-order valence-corrected chi connectivity index (χ1v) is 12.4. The fourth-order valence-corrected chi connectivity index (χ4v) is 4.17. The summed E-state index contributed by atoms with van der Waals surface area (Å²) < 4.78 is 11.5. The number of unbranched alkanes of at least 4 members (excludes halogenated alkanes) is 2. The van der Waals surface area contributed by atoms with Crippen molar-refractivity contribution in [3.05, 3.63) is 77.4 Å². The molecule has 4 heteroatoms. The highest BCUT2D eigenvalue weighted by molar-refractivity contribution is 6.09. The molecule has 0 fully saturated rings. The summed E-state index contributed by atoms with van der Waals surface area (Å²) in [6, 6.07) is 15.8. The van der Waals surface area contributed by atoms with Crippen molar-refractivity contribution in [3.63, 3.8) is 0 Å². The molecule has 2 aromatic carbocycles. The van der Waals surface area contributed by atoms with Crippen LogP contribution in [-0.2, 0) is 9.59 Å². The van der Waals surface area contributed by atoms with Gasteiger partial charge in [0.1, 0.15) is 17.3 Å². The molecule has 1 aliphatic rings. The van der Waals surface area contributed by atoms with Crippen LogP contribution in [0.2, 0.25) is 0 Å². The van der Waals surface area contributed by atoms with Gasteiger partial charge in [-0.05, 0) is 73.2 Å². The zero-order valence-corrected chi connectivity index (χ0v) is 20.6. The van der Waals surface area contributed by atoms with E-state index in [0.717, 1.165) is 60.5 Å². The molecule has 34 heavy (non-hydrogen) atoms. The van der Waals surface area contributed by atoms with Gasteiger partial charge < -0.3 is 9.47 Å². The van der Waals surface area contributed by atoms with Gasteiger partial charge in [0.05, 0.1) is 19.1 Å². The summed E-state index contributed by atoms with van der Waals surface area (Å²) in [4.78, 5) is 25.2. The van der Waals surface area contributed by atoms with Crippen LogP contribution in [-0.4, -0.2) is 24.8 Å². The van der Waals surface area contributed by atoms with E-state index in [-0.39, 0.29) is 17.5 Å². The summed E-state index contributed by atoms with van der Waals surface area (Å²) in [5, 5.41) is 0. The van der Waals surface area contributed by atoms with E-state index in [1.165, 1.54) is 6.92 Å². The molecular formula is C30H36O4. The predicted octanol–water partition coefficient (Wildman–Crippen LogP) is 6.95. The summed E-state index contributed by atoms with van der Waals surface area (Å²) in [7, 11) is 0. The minimum Gasteiger partial charge on any atom is -0.494 e. The maximum Gasteiger partial charge on any atom is 0.167 e. The molecule has 0 radical (unpaired) electrons. The van der Waals surface area contributed by atoms with Gasteiger partial charge in [0.2, 0.25) is 0 Å². The van der Waals surface area contributed by atoms with Crippen LogP contribution in [0, 0.1) is 5.92 Å². The molecule has 180 valence electrons. The lowest BCUT2D eigenvalue weighted by Crippen LogP contribution is -2.31. The van der Waals surface area contributed by atoms with Gasteiger partial charge in [-0.3, -0.25) is 9.59 Å². The SMILES string of the molecule is CCCCOc1ccc(/C=C/C2=CC(=O)[C@@H](C(C)=O)[C@H](c3ccc(OCCCC)cc3)C2)cc1. The summed E-state index contributed by atoms with van der Waals surface area (Å²) in [6.45, 7) is 7.20. The van der Waals surface area contributed by atoms with Crippen LogP contribution in [0.15, 0.2) is 66.3 Å². The molecule has 0 N–H and O–H groups in total. The quantitative estimate of drug-likeness (QED) is 0.254. The van der Waals surface area contributed by atoms with Crippen molar-refractivity contribution < 1.29 is 19.1 Å². The first-order valence-electron chi connectivity index (χ1n) is 12.4. The lowest BCUT2D eigenvalue weighted by Gasteiger charge is -2.28. The number of benzene rings is 2. The van der Waals surface area contributed by atoms with Crippen LogP contribution in [0.4, 0.5) is 0 Å². The summed E-state index contributed by atoms with van der Waals surface area (Å²) in [5.41, 5.74) is 2.96. The van der Waals surface area contributed by atoms with Crippen LogP contribution >= 0.6 is 0 Å². The van der Waals surface area contributed by atoms with E-state index in [2.05, 4.69) is 13.8 Å². The van der Waals surface area contributed by atoms with E-state index in [1.807, 2.05) is 60.7 Å². The number of hydrogen-bond acceptors (Lipinski definition) is 4. The topological polar surface area (TPSA) is 52.6 Å². The number of allylic oxidation sites excluding steroid dienone is 3. The first-order chi connectivity index (χ1) is 16.5. The molecule has 0 saturated heterocycles. The van der Waals surface area contributed by atoms with Gasteiger partial charge in [0.25, 0.3) is 0 Å². The molecule has 0 bridgehead atoms. The Morgan fingerprint density at radius 1 is 0.882 bits per heavy atom. The van der Waals surface area contributed by atoms with Gasteiger partial charge in [-0.25, -0.2) is 0 Å². The van der Waals surface area contributed by atoms with Gasteiger partial charge in [0, 0.05) is 5.92 Å². The molecule has 0 amide bonds. The Balaban J connectivity index is 1.71. The second-order valence-electron chi connectivity index (χ2n) is 8.90. The Bertz CT molecular complexity index is 999. The molecule has 4 nitrogen and oxygen atoms in total. The lowest BCUT2D eigenvalue weighted by atomic mass is 9.73. The molecular weight excluding hydrogens is 424 g/mol. The molecule has 0 heterocycles. The van der Waals surface area contributed by atoms with Crippen molar-refractivity contribution in [1.29, 1.82) is 0 Å². The highest BCUT2D eigenvalue weighted by Gasteiger charge is 2.35. The van der Waals surface area contributed by atoms with Gasteiger partial charge in [-0.1, -0.05) is 63.1 Å². The number of ketones is 2. The van der Waals surface area contributed by atoms with Gasteiger partial charge >= 0.3 is 0 Å². The van der Waals surface area contributed by atoms with Crippen molar-refractivity contribution in [1.82, 2.24) is 0 Å². The van der Waals surface area contributed by atoms with Gasteiger partial charge in [0.15, 0.2) is 5.78 Å². The minimum absolute atomic E-state index is 0.0868. The fourth-order valence-electron chi connectivity index (χ4n) is 4.17. The van der Waals surface area contributed by atoms with E-state index in [0.29, 0.717) is 13.0 Å². The lowest BCUT2D eigenvalue weighted by molar-refractivity contribution is -0.130. The smallest absolute Gasteiger partial charge is 0.167 e. The van der Waals surface area contributed by atoms with Crippen LogP contribution in [0.25, 0.3) is 6.08 Å². The predicted molar refractivity (Wildman–Crippen MR) is 137 cm³/mol. The molecule has 0 spiro atoms. The number of carbonyl (C=O) groups excluding carboxylic acids is 2. The first kappa shape index (κ1) is 25.5. The third-order valence-electron chi connectivity index (χ3n) is 6.14. The Hall–Kier alpha value is -3.14. The van der Waals surface area contributed by atoms with E-state index in [4.69, 9.17) is 9.47 Å². The zero-order chi connectivity index (χ0) is 24.3. The maximum absolute atomic E-state index is 12.9. The van der Waals surface area contributed by atoms with Crippen molar-refractivity contribution in [2.45, 2.75) is 58.8 Å². The largest absolute Gasteiger partial charge is 0.494 e. The van der Waals surface area contributed by atoms with Crippen LogP contribution in [0.5, 0.6) is 11.5 Å². The molecule has 0 unspecified atom stereocenters. The second kappa shape index (κ2) is 12.9. The van der Waals surface area contributed by atoms with Crippen LogP contribution < -0.4 is 9.47 Å². The summed E-state index contributed by atoms with van der Waals surface area (Å²) >= 11 is 0. The van der Waals surface area contributed by atoms with E-state index >= 15 is 0 Å². The zero-order valence-electron chi connectivity index (χ0n) is 20.6. The Labute approximate surface area is 203 Å². The van der Waals surface area contributed by atoms with E-state index < -0.39 is 5.92 Å². The number of carbonyl (C=O) groups is 2. The minimum atomic E-state index is -0.636. The molecule has 1 aliphatic carbocycles. The number of ether oxygens (including phenoxy) is 2. The summed E-state index contributed by atoms with van der Waals surface area (Å²) in [6.07, 6.45) is 10.5. The monoisotopic (exact) mass is 460 g/mol. The Morgan fingerprint density at radius 3 is 1.97 bits per heavy atom. The van der Waals surface area contributed by atoms with Crippen LogP contribution in [0.1, 0.15) is 69.9 Å². The third-order valence-corrected chi connectivity index (χ3v) is 6.14. The molecule has 2 atom stereocenters. The van der Waals surface area contributed by atoms with Crippen molar-refractivity contribution in [3.8, 4) is 11.5 Å². The molecule has 2 aromatic rings. The second-order valence-corrected chi connectivity index (χ2v) is 8.90. The van der Waals surface area contributed by atoms with E-state index in [9.17, 15) is 9.59 Å². The van der Waals surface area contributed by atoms with Crippen molar-refractivity contribution in [2.75, 3.05) is 13.2 Å². The number of rotatable bonds is 12. The van der Waals surface area contributed by atoms with Gasteiger partial charge in [-0.2, -0.15) is 0 Å². The maximum atomic E-state index is 12.9. The molecule has 0 aromatic heterocycles. The Kier molecular flexibility index (Phi) is 9.69. The fraction of sp³-hybridized carbons (Fsp3) is 0.400. The van der Waals surface area contributed by atoms with Crippen molar-refractivity contribution >= 4 is 17.6 Å². The highest BCUT2D eigenvalue weighted by Crippen LogP contribution is 2.38. The average Bonchev–Trinajstić information content (AvgIpc) is 2.83. The average molecular weight is 461 g/mol. The van der Waals surface area contributed by atoms with Crippen molar-refractivity contribution in [2.24, 2.45) is 5.92 Å². The normalized spacial score (nSPS) is 18.1. The standard InChI is InChI=1S/C30H36O4/c1-4-6-18-33-26-14-10-23(11-15-26)8-9-24-20-28(30(22(3)31)29(32)21-24)25-12-16-27(17-13-25)34-19-7-5-2/h8-17,21,28,30H,4-7,18-20H2,1-3H3/b9-8+/t28-,30-/m0/s1. The molecule has 0 aliphatic heterocycles. The number of hydrogen-bond donors (Lipinski definition) is 0. The third kappa shape index (κ3) is 7.18. The Morgan fingerprint density at radius 2 is 1.44 bits per heavy atom. The molecule has 3 rings (SSSR count). The molecule has 0 saturated carbocycles. The number of Topliss-reactive ketones (excluding diaryl/α,β-unsaturated/α-hetero) is 1. The summed E-state index contributed by atoms with van der Waals surface area (Å²) in [5.74, 6) is 0.667. The van der Waals surface area contributed by atoms with Gasteiger partial charge in [-0.15, -0.1) is 0 Å².